The van der Waals surface area contributed by atoms with Crippen molar-refractivity contribution in [3.8, 4) is 0 Å². The van der Waals surface area contributed by atoms with E-state index in [1.54, 1.807) is 0 Å². The molecule has 78 valence electrons. The van der Waals surface area contributed by atoms with Gasteiger partial charge < -0.3 is 4.90 Å². The highest BCUT2D eigenvalue weighted by molar-refractivity contribution is 5.59. The summed E-state index contributed by atoms with van der Waals surface area (Å²) in [7, 11) is 2.22. The van der Waals surface area contributed by atoms with Gasteiger partial charge in [-0.25, -0.2) is 0 Å². The highest BCUT2D eigenvalue weighted by atomic mass is 15.1. The molecule has 3 atom stereocenters. The van der Waals surface area contributed by atoms with Gasteiger partial charge in [0.05, 0.1) is 0 Å². The zero-order valence-electron chi connectivity index (χ0n) is 9.35. The van der Waals surface area contributed by atoms with Crippen molar-refractivity contribution in [3.05, 3.63) is 42.0 Å². The van der Waals surface area contributed by atoms with Gasteiger partial charge in [-0.1, -0.05) is 30.4 Å². The molecule has 1 heteroatoms. The van der Waals surface area contributed by atoms with Gasteiger partial charge in [0.15, 0.2) is 0 Å². The molecular weight excluding hydrogens is 182 g/mol. The van der Waals surface area contributed by atoms with E-state index in [0.29, 0.717) is 12.0 Å². The van der Waals surface area contributed by atoms with Crippen LogP contribution in [-0.2, 0) is 0 Å². The van der Waals surface area contributed by atoms with Crippen LogP contribution in [0.25, 0.3) is 0 Å². The second-order valence-electron chi connectivity index (χ2n) is 4.76. The molecule has 0 spiro atoms. The van der Waals surface area contributed by atoms with Crippen molar-refractivity contribution in [2.75, 3.05) is 11.9 Å². The summed E-state index contributed by atoms with van der Waals surface area (Å²) in [6, 6.07) is 9.48. The number of benzene rings is 1. The van der Waals surface area contributed by atoms with Gasteiger partial charge in [-0.05, 0) is 30.9 Å². The molecular formula is C14H17N. The first-order valence-electron chi connectivity index (χ1n) is 5.77. The summed E-state index contributed by atoms with van der Waals surface area (Å²) in [5.41, 5.74) is 2.93. The normalized spacial score (nSPS) is 32.7. The number of anilines is 1. The number of hydrogen-bond donors (Lipinski definition) is 0. The summed E-state index contributed by atoms with van der Waals surface area (Å²) in [6.45, 7) is 2.35. The van der Waals surface area contributed by atoms with Crippen LogP contribution in [0.5, 0.6) is 0 Å². The minimum atomic E-state index is 0.653. The van der Waals surface area contributed by atoms with Gasteiger partial charge in [0, 0.05) is 24.7 Å². The fraction of sp³-hybridized carbons (Fsp3) is 0.429. The van der Waals surface area contributed by atoms with Crippen molar-refractivity contribution in [2.45, 2.75) is 25.3 Å². The predicted octanol–water partition coefficient (Wildman–Crippen LogP) is 3.18. The van der Waals surface area contributed by atoms with Crippen LogP contribution in [0.3, 0.4) is 0 Å². The Morgan fingerprint density at radius 3 is 2.93 bits per heavy atom. The topological polar surface area (TPSA) is 3.24 Å². The van der Waals surface area contributed by atoms with E-state index in [4.69, 9.17) is 0 Å². The molecule has 0 amide bonds. The second-order valence-corrected chi connectivity index (χ2v) is 4.76. The van der Waals surface area contributed by atoms with Crippen molar-refractivity contribution in [1.82, 2.24) is 0 Å². The van der Waals surface area contributed by atoms with Gasteiger partial charge in [-0.2, -0.15) is 0 Å². The van der Waals surface area contributed by atoms with E-state index in [9.17, 15) is 0 Å². The molecule has 3 unspecified atom stereocenters. The van der Waals surface area contributed by atoms with Crippen molar-refractivity contribution >= 4 is 5.69 Å². The van der Waals surface area contributed by atoms with Crippen LogP contribution in [0.2, 0.25) is 0 Å². The van der Waals surface area contributed by atoms with Crippen LogP contribution in [-0.4, -0.2) is 13.1 Å². The summed E-state index contributed by atoms with van der Waals surface area (Å²) in [4.78, 5) is 2.43. The van der Waals surface area contributed by atoms with Gasteiger partial charge in [0.2, 0.25) is 0 Å². The van der Waals surface area contributed by atoms with E-state index in [0.717, 1.165) is 5.92 Å². The van der Waals surface area contributed by atoms with Crippen molar-refractivity contribution in [3.63, 3.8) is 0 Å². The third-order valence-electron chi connectivity index (χ3n) is 4.12. The van der Waals surface area contributed by atoms with Crippen LogP contribution in [0.4, 0.5) is 5.69 Å². The zero-order chi connectivity index (χ0) is 10.4. The van der Waals surface area contributed by atoms with E-state index in [1.165, 1.54) is 17.7 Å². The lowest BCUT2D eigenvalue weighted by atomic mass is 9.79. The molecule has 1 aliphatic carbocycles. The van der Waals surface area contributed by atoms with E-state index >= 15 is 0 Å². The first-order chi connectivity index (χ1) is 7.29. The summed E-state index contributed by atoms with van der Waals surface area (Å²) < 4.78 is 0. The Morgan fingerprint density at radius 2 is 2.07 bits per heavy atom. The Morgan fingerprint density at radius 1 is 1.27 bits per heavy atom. The first-order valence-corrected chi connectivity index (χ1v) is 5.77. The first kappa shape index (κ1) is 9.02. The molecule has 0 N–H and O–H groups in total. The summed E-state index contributed by atoms with van der Waals surface area (Å²) in [5.74, 6) is 1.44. The quantitative estimate of drug-likeness (QED) is 0.580. The molecule has 1 nitrogen and oxygen atoms in total. The van der Waals surface area contributed by atoms with Gasteiger partial charge in [-0.3, -0.25) is 0 Å². The summed E-state index contributed by atoms with van der Waals surface area (Å²) in [6.07, 6.45) is 5.99. The minimum absolute atomic E-state index is 0.653. The van der Waals surface area contributed by atoms with Crippen LogP contribution in [0.1, 0.15) is 24.8 Å². The molecule has 1 aromatic rings. The number of para-hydroxylation sites is 1. The SMILES string of the molecule is CC1C2CC=CC2c2ccccc2N1C. The molecule has 1 aromatic carbocycles. The van der Waals surface area contributed by atoms with Crippen molar-refractivity contribution in [2.24, 2.45) is 5.92 Å². The molecule has 0 radical (unpaired) electrons. The minimum Gasteiger partial charge on any atom is -0.371 e. The highest BCUT2D eigenvalue weighted by Gasteiger charge is 2.37. The van der Waals surface area contributed by atoms with Crippen molar-refractivity contribution in [1.29, 1.82) is 0 Å². The van der Waals surface area contributed by atoms with Gasteiger partial charge >= 0.3 is 0 Å². The van der Waals surface area contributed by atoms with E-state index in [1.807, 2.05) is 0 Å². The highest BCUT2D eigenvalue weighted by Crippen LogP contribution is 2.46. The van der Waals surface area contributed by atoms with Crippen LogP contribution >= 0.6 is 0 Å². The number of fused-ring (bicyclic) bond motifs is 3. The Kier molecular flexibility index (Phi) is 1.88. The number of allylic oxidation sites excluding steroid dienone is 2. The van der Waals surface area contributed by atoms with Gasteiger partial charge in [0.1, 0.15) is 0 Å². The number of rotatable bonds is 0. The predicted molar refractivity (Wildman–Crippen MR) is 64.3 cm³/mol. The maximum absolute atomic E-state index is 2.43. The molecule has 0 bridgehead atoms. The smallest absolute Gasteiger partial charge is 0.0404 e. The molecule has 1 heterocycles. The molecule has 15 heavy (non-hydrogen) atoms. The maximum atomic E-state index is 2.43. The molecule has 2 aliphatic rings. The van der Waals surface area contributed by atoms with Crippen molar-refractivity contribution < 1.29 is 0 Å². The second kappa shape index (κ2) is 3.13. The lowest BCUT2D eigenvalue weighted by Gasteiger charge is -2.41. The fourth-order valence-corrected chi connectivity index (χ4v) is 3.10. The number of hydrogen-bond acceptors (Lipinski definition) is 1. The standard InChI is InChI=1S/C14H17N/c1-10-11-7-5-8-12(11)13-6-3-4-9-14(13)15(10)2/h3-6,8-12H,7H2,1-2H3. The maximum Gasteiger partial charge on any atom is 0.0404 e. The molecule has 0 saturated heterocycles. The van der Waals surface area contributed by atoms with E-state index in [2.05, 4.69) is 55.3 Å². The monoisotopic (exact) mass is 199 g/mol. The average molecular weight is 199 g/mol. The van der Waals surface area contributed by atoms with E-state index in [-0.39, 0.29) is 0 Å². The van der Waals surface area contributed by atoms with Gasteiger partial charge in [0.25, 0.3) is 0 Å². The lowest BCUT2D eigenvalue weighted by Crippen LogP contribution is -2.41. The zero-order valence-corrected chi connectivity index (χ0v) is 9.35. The fourth-order valence-electron chi connectivity index (χ4n) is 3.10. The van der Waals surface area contributed by atoms with E-state index < -0.39 is 0 Å². The Hall–Kier alpha value is -1.24. The molecule has 0 saturated carbocycles. The molecule has 1 aliphatic heterocycles. The lowest BCUT2D eigenvalue weighted by molar-refractivity contribution is 0.397. The average Bonchev–Trinajstić information content (AvgIpc) is 2.75. The largest absolute Gasteiger partial charge is 0.371 e. The molecule has 0 fully saturated rings. The number of nitrogens with zero attached hydrogens (tertiary/aromatic N) is 1. The Labute approximate surface area is 91.4 Å². The Balaban J connectivity index is 2.15. The van der Waals surface area contributed by atoms with Crippen LogP contribution in [0.15, 0.2) is 36.4 Å². The molecule has 0 aromatic heterocycles. The van der Waals surface area contributed by atoms with Crippen LogP contribution in [0, 0.1) is 5.92 Å². The summed E-state index contributed by atoms with van der Waals surface area (Å²) in [5, 5.41) is 0. The Bertz CT molecular complexity index is 408. The third-order valence-corrected chi connectivity index (χ3v) is 4.12. The van der Waals surface area contributed by atoms with Gasteiger partial charge in [-0.15, -0.1) is 0 Å². The van der Waals surface area contributed by atoms with Crippen LogP contribution < -0.4 is 4.90 Å². The molecule has 3 rings (SSSR count). The summed E-state index contributed by atoms with van der Waals surface area (Å²) >= 11 is 0. The third kappa shape index (κ3) is 1.16.